The van der Waals surface area contributed by atoms with E-state index in [4.69, 9.17) is 9.97 Å². The molecule has 2 aliphatic heterocycles. The standard InChI is InChI=1S/C25H27N7S/c1-15-13-32-14-17(9-16(12-26)21(32)27-15)19-5-6-20-22(28-19)33-23(29-20)31(4)18-10-24(2)7-8-25(3,11-18)30-24/h5-6,9,13-14,18,30H,7-8,10-11H2,1-4H3/t18-,24+,25-. The summed E-state index contributed by atoms with van der Waals surface area (Å²) in [5.74, 6) is 0. The van der Waals surface area contributed by atoms with Crippen molar-refractivity contribution in [2.75, 3.05) is 11.9 Å². The molecule has 33 heavy (non-hydrogen) atoms. The Bertz CT molecular complexity index is 1430. The summed E-state index contributed by atoms with van der Waals surface area (Å²) in [7, 11) is 2.18. The minimum Gasteiger partial charge on any atom is -0.348 e. The Morgan fingerprint density at radius 1 is 1.15 bits per heavy atom. The van der Waals surface area contributed by atoms with Crippen molar-refractivity contribution in [3.63, 3.8) is 0 Å². The first-order chi connectivity index (χ1) is 15.7. The summed E-state index contributed by atoms with van der Waals surface area (Å²) in [6, 6.07) is 8.64. The van der Waals surface area contributed by atoms with Gasteiger partial charge in [-0.1, -0.05) is 11.3 Å². The molecule has 6 heterocycles. The number of fused-ring (bicyclic) bond motifs is 4. The molecule has 0 spiro atoms. The van der Waals surface area contributed by atoms with E-state index in [-0.39, 0.29) is 11.1 Å². The average Bonchev–Trinajstić information content (AvgIpc) is 3.43. The van der Waals surface area contributed by atoms with Gasteiger partial charge in [0.1, 0.15) is 16.4 Å². The third-order valence-electron chi connectivity index (χ3n) is 7.39. The van der Waals surface area contributed by atoms with Crippen molar-refractivity contribution in [1.82, 2.24) is 24.7 Å². The summed E-state index contributed by atoms with van der Waals surface area (Å²) in [5, 5.41) is 14.5. The SMILES string of the molecule is Cc1cn2cc(-c3ccc4nc(N(C)[C@@H]5C[C@]6(C)CC[C@](C)(C5)N6)sc4n3)cc(C#N)c2n1. The Labute approximate surface area is 197 Å². The van der Waals surface area contributed by atoms with E-state index in [1.165, 1.54) is 12.8 Å². The normalized spacial score (nSPS) is 26.7. The Hall–Kier alpha value is -3.02. The molecule has 0 radical (unpaired) electrons. The number of anilines is 1. The molecule has 1 N–H and O–H groups in total. The van der Waals surface area contributed by atoms with E-state index in [9.17, 15) is 5.26 Å². The summed E-state index contributed by atoms with van der Waals surface area (Å²) in [6.07, 6.45) is 8.67. The minimum absolute atomic E-state index is 0.219. The van der Waals surface area contributed by atoms with Gasteiger partial charge < -0.3 is 14.6 Å². The van der Waals surface area contributed by atoms with E-state index in [0.717, 1.165) is 45.3 Å². The number of imidazole rings is 1. The Morgan fingerprint density at radius 3 is 2.64 bits per heavy atom. The van der Waals surface area contributed by atoms with Crippen molar-refractivity contribution in [2.24, 2.45) is 0 Å². The number of aromatic nitrogens is 4. The van der Waals surface area contributed by atoms with Crippen LogP contribution in [0.1, 0.15) is 50.8 Å². The van der Waals surface area contributed by atoms with E-state index in [1.54, 1.807) is 11.3 Å². The highest BCUT2D eigenvalue weighted by molar-refractivity contribution is 7.21. The van der Waals surface area contributed by atoms with Crippen LogP contribution in [0.4, 0.5) is 5.13 Å². The van der Waals surface area contributed by atoms with Gasteiger partial charge in [-0.05, 0) is 64.7 Å². The first-order valence-corrected chi connectivity index (χ1v) is 12.3. The van der Waals surface area contributed by atoms with Crippen LogP contribution in [-0.4, -0.2) is 43.5 Å². The fourth-order valence-electron chi connectivity index (χ4n) is 5.81. The topological polar surface area (TPSA) is 82.1 Å². The van der Waals surface area contributed by atoms with Crippen LogP contribution >= 0.6 is 11.3 Å². The van der Waals surface area contributed by atoms with Gasteiger partial charge in [-0.15, -0.1) is 0 Å². The lowest BCUT2D eigenvalue weighted by Crippen LogP contribution is -2.58. The van der Waals surface area contributed by atoms with Crippen LogP contribution in [0.2, 0.25) is 0 Å². The number of aryl methyl sites for hydroxylation is 1. The number of rotatable bonds is 3. The fraction of sp³-hybridized carbons (Fsp3) is 0.440. The molecule has 2 fully saturated rings. The van der Waals surface area contributed by atoms with Crippen molar-refractivity contribution < 1.29 is 0 Å². The van der Waals surface area contributed by atoms with E-state index < -0.39 is 0 Å². The van der Waals surface area contributed by atoms with Gasteiger partial charge in [0.2, 0.25) is 0 Å². The molecule has 3 atom stereocenters. The van der Waals surface area contributed by atoms with Crippen LogP contribution in [0.5, 0.6) is 0 Å². The van der Waals surface area contributed by atoms with E-state index in [0.29, 0.717) is 17.3 Å². The van der Waals surface area contributed by atoms with Gasteiger partial charge in [0, 0.05) is 42.1 Å². The number of piperidine rings is 1. The largest absolute Gasteiger partial charge is 0.348 e. The highest BCUT2D eigenvalue weighted by Crippen LogP contribution is 2.44. The Morgan fingerprint density at radius 2 is 1.91 bits per heavy atom. The predicted octanol–water partition coefficient (Wildman–Crippen LogP) is 4.69. The lowest BCUT2D eigenvalue weighted by atomic mass is 9.84. The van der Waals surface area contributed by atoms with Gasteiger partial charge >= 0.3 is 0 Å². The number of nitriles is 1. The van der Waals surface area contributed by atoms with Crippen molar-refractivity contribution in [3.05, 3.63) is 41.9 Å². The molecule has 168 valence electrons. The second-order valence-corrected chi connectivity index (χ2v) is 11.3. The molecule has 0 unspecified atom stereocenters. The van der Waals surface area contributed by atoms with Crippen molar-refractivity contribution in [2.45, 2.75) is 63.6 Å². The average molecular weight is 458 g/mol. The minimum atomic E-state index is 0.219. The summed E-state index contributed by atoms with van der Waals surface area (Å²) in [4.78, 5) is 17.6. The summed E-state index contributed by atoms with van der Waals surface area (Å²) in [5.41, 5.74) is 5.21. The first kappa shape index (κ1) is 20.6. The first-order valence-electron chi connectivity index (χ1n) is 11.4. The van der Waals surface area contributed by atoms with Crippen LogP contribution < -0.4 is 10.2 Å². The zero-order chi connectivity index (χ0) is 23.0. The summed E-state index contributed by atoms with van der Waals surface area (Å²) >= 11 is 1.65. The smallest absolute Gasteiger partial charge is 0.187 e. The van der Waals surface area contributed by atoms with Gasteiger partial charge in [0.15, 0.2) is 10.8 Å². The van der Waals surface area contributed by atoms with Gasteiger partial charge in [0.05, 0.1) is 17.0 Å². The quantitative estimate of drug-likeness (QED) is 0.481. The van der Waals surface area contributed by atoms with Crippen molar-refractivity contribution in [1.29, 1.82) is 5.26 Å². The molecule has 4 aromatic rings. The maximum absolute atomic E-state index is 9.61. The van der Waals surface area contributed by atoms with Gasteiger partial charge in [0.25, 0.3) is 0 Å². The van der Waals surface area contributed by atoms with E-state index in [1.807, 2.05) is 41.9 Å². The summed E-state index contributed by atoms with van der Waals surface area (Å²) in [6.45, 7) is 6.65. The molecule has 0 amide bonds. The van der Waals surface area contributed by atoms with Crippen molar-refractivity contribution in [3.8, 4) is 17.3 Å². The van der Waals surface area contributed by atoms with Crippen LogP contribution in [0.25, 0.3) is 27.3 Å². The molecular formula is C25H27N7S. The Kier molecular flexibility index (Phi) is 4.36. The molecule has 2 bridgehead atoms. The van der Waals surface area contributed by atoms with Gasteiger partial charge in [-0.2, -0.15) is 5.26 Å². The number of thiazole rings is 1. The second-order valence-electron chi connectivity index (χ2n) is 10.3. The molecule has 2 saturated heterocycles. The molecule has 6 rings (SSSR count). The monoisotopic (exact) mass is 457 g/mol. The molecule has 4 aromatic heterocycles. The number of hydrogen-bond donors (Lipinski definition) is 1. The molecule has 2 aliphatic rings. The fourth-order valence-corrected chi connectivity index (χ4v) is 6.79. The van der Waals surface area contributed by atoms with Crippen LogP contribution in [0, 0.1) is 18.3 Å². The molecule has 0 saturated carbocycles. The lowest BCUT2D eigenvalue weighted by Gasteiger charge is -2.45. The number of nitrogens with zero attached hydrogens (tertiary/aromatic N) is 6. The summed E-state index contributed by atoms with van der Waals surface area (Å²) < 4.78 is 1.91. The van der Waals surface area contributed by atoms with Crippen LogP contribution in [0.15, 0.2) is 30.6 Å². The van der Waals surface area contributed by atoms with E-state index in [2.05, 4.69) is 42.2 Å². The lowest BCUT2D eigenvalue weighted by molar-refractivity contribution is 0.208. The maximum Gasteiger partial charge on any atom is 0.187 e. The van der Waals surface area contributed by atoms with Crippen LogP contribution in [-0.2, 0) is 0 Å². The Balaban J connectivity index is 1.34. The maximum atomic E-state index is 9.61. The number of hydrogen-bond acceptors (Lipinski definition) is 7. The third kappa shape index (κ3) is 3.38. The highest BCUT2D eigenvalue weighted by atomic mass is 32.1. The number of nitrogens with one attached hydrogen (secondary N) is 1. The van der Waals surface area contributed by atoms with E-state index >= 15 is 0 Å². The van der Waals surface area contributed by atoms with Gasteiger partial charge in [-0.3, -0.25) is 0 Å². The highest BCUT2D eigenvalue weighted by Gasteiger charge is 2.49. The molecule has 0 aromatic carbocycles. The molecular weight excluding hydrogens is 430 g/mol. The second kappa shape index (κ2) is 6.99. The predicted molar refractivity (Wildman–Crippen MR) is 132 cm³/mol. The molecule has 7 nitrogen and oxygen atoms in total. The van der Waals surface area contributed by atoms with Gasteiger partial charge in [-0.25, -0.2) is 15.0 Å². The zero-order valence-electron chi connectivity index (χ0n) is 19.4. The van der Waals surface area contributed by atoms with Crippen molar-refractivity contribution >= 4 is 32.5 Å². The molecule has 8 heteroatoms. The third-order valence-corrected chi connectivity index (χ3v) is 8.44. The zero-order valence-corrected chi connectivity index (χ0v) is 20.2. The molecule has 0 aliphatic carbocycles. The van der Waals surface area contributed by atoms with Crippen LogP contribution in [0.3, 0.4) is 0 Å². The number of pyridine rings is 2.